The monoisotopic (exact) mass is 131 g/mol. The molecule has 2 heteroatoms. The second-order valence-electron chi connectivity index (χ2n) is 1.10. The van der Waals surface area contributed by atoms with Crippen molar-refractivity contribution in [1.29, 1.82) is 0 Å². The summed E-state index contributed by atoms with van der Waals surface area (Å²) < 4.78 is 4.60. The predicted octanol–water partition coefficient (Wildman–Crippen LogP) is 1.74. The molecule has 0 heterocycles. The van der Waals surface area contributed by atoms with Crippen LogP contribution in [0.2, 0.25) is 0 Å². The second kappa shape index (κ2) is 15.7. The average molecular weight is 131 g/mol. The highest BCUT2D eigenvalue weighted by molar-refractivity contribution is 4.67. The molecule has 0 unspecified atom stereocenters. The molecule has 0 aromatic heterocycles. The quantitative estimate of drug-likeness (QED) is 0.589. The molecular formula is C7H17NO. The van der Waals surface area contributed by atoms with E-state index in [1.807, 2.05) is 20.8 Å². The minimum absolute atomic E-state index is 0.944. The maximum atomic E-state index is 4.60. The number of rotatable bonds is 3. The van der Waals surface area contributed by atoms with Gasteiger partial charge in [-0.2, -0.15) is 0 Å². The highest BCUT2D eigenvalue weighted by atomic mass is 16.5. The zero-order valence-corrected chi connectivity index (χ0v) is 6.77. The van der Waals surface area contributed by atoms with Gasteiger partial charge in [-0.05, 0) is 6.92 Å². The van der Waals surface area contributed by atoms with Gasteiger partial charge in [-0.1, -0.05) is 13.8 Å². The van der Waals surface area contributed by atoms with Gasteiger partial charge in [-0.15, -0.1) is 0 Å². The van der Waals surface area contributed by atoms with Crippen molar-refractivity contribution in [2.24, 2.45) is 0 Å². The Kier molecular flexibility index (Phi) is 19.5. The third-order valence-corrected chi connectivity index (χ3v) is 0.526. The lowest BCUT2D eigenvalue weighted by atomic mass is 10.7. The van der Waals surface area contributed by atoms with Crippen LogP contribution in [0.5, 0.6) is 0 Å². The van der Waals surface area contributed by atoms with Crippen molar-refractivity contribution in [3.8, 4) is 0 Å². The van der Waals surface area contributed by atoms with Crippen LogP contribution in [-0.4, -0.2) is 13.7 Å². The summed E-state index contributed by atoms with van der Waals surface area (Å²) in [5.41, 5.74) is 0. The second-order valence-corrected chi connectivity index (χ2v) is 1.10. The largest absolute Gasteiger partial charge is 0.503 e. The van der Waals surface area contributed by atoms with Crippen LogP contribution < -0.4 is 5.32 Å². The van der Waals surface area contributed by atoms with Gasteiger partial charge in [0.2, 0.25) is 0 Å². The zero-order valence-electron chi connectivity index (χ0n) is 6.77. The van der Waals surface area contributed by atoms with E-state index in [4.69, 9.17) is 0 Å². The van der Waals surface area contributed by atoms with Crippen molar-refractivity contribution in [3.05, 3.63) is 12.5 Å². The van der Waals surface area contributed by atoms with Gasteiger partial charge in [0, 0.05) is 12.7 Å². The summed E-state index contributed by atoms with van der Waals surface area (Å²) in [6.45, 7) is 6.97. The summed E-state index contributed by atoms with van der Waals surface area (Å²) in [6.07, 6.45) is 3.36. The fourth-order valence-electron chi connectivity index (χ4n) is 0.234. The molecule has 0 aliphatic carbocycles. The van der Waals surface area contributed by atoms with E-state index in [0.29, 0.717) is 0 Å². The Hall–Kier alpha value is -0.660. The van der Waals surface area contributed by atoms with E-state index in [2.05, 4.69) is 10.1 Å². The number of ether oxygens (including phenoxy) is 1. The summed E-state index contributed by atoms with van der Waals surface area (Å²) in [5, 5.41) is 2.94. The van der Waals surface area contributed by atoms with Crippen LogP contribution in [0.4, 0.5) is 0 Å². The van der Waals surface area contributed by atoms with Gasteiger partial charge in [0.1, 0.15) is 0 Å². The van der Waals surface area contributed by atoms with Crippen molar-refractivity contribution in [1.82, 2.24) is 5.32 Å². The first-order valence-corrected chi connectivity index (χ1v) is 3.33. The number of nitrogens with one attached hydrogen (secondary N) is 1. The van der Waals surface area contributed by atoms with Gasteiger partial charge in [-0.3, -0.25) is 0 Å². The van der Waals surface area contributed by atoms with Crippen molar-refractivity contribution >= 4 is 0 Å². The molecular weight excluding hydrogens is 114 g/mol. The van der Waals surface area contributed by atoms with Gasteiger partial charge in [0.25, 0.3) is 0 Å². The van der Waals surface area contributed by atoms with E-state index >= 15 is 0 Å². The molecule has 0 aromatic rings. The number of methoxy groups -OCH3 is 1. The Morgan fingerprint density at radius 3 is 2.33 bits per heavy atom. The zero-order chi connectivity index (χ0) is 7.54. The Morgan fingerprint density at radius 2 is 2.00 bits per heavy atom. The smallest absolute Gasteiger partial charge is 0.0981 e. The molecule has 56 valence electrons. The van der Waals surface area contributed by atoms with Crippen molar-refractivity contribution in [2.75, 3.05) is 13.7 Å². The van der Waals surface area contributed by atoms with E-state index in [9.17, 15) is 0 Å². The van der Waals surface area contributed by atoms with Gasteiger partial charge < -0.3 is 10.1 Å². The van der Waals surface area contributed by atoms with Crippen LogP contribution in [0.15, 0.2) is 12.5 Å². The standard InChI is InChI=1S/C5H11NO.C2H6/c1-3-6-4-5-7-2;1-2/h4-6H,3H2,1-2H3;1-2H3/b5-4-;. The van der Waals surface area contributed by atoms with E-state index < -0.39 is 0 Å². The van der Waals surface area contributed by atoms with E-state index in [1.165, 1.54) is 0 Å². The molecule has 0 fully saturated rings. The molecule has 0 rings (SSSR count). The predicted molar refractivity (Wildman–Crippen MR) is 41.2 cm³/mol. The lowest BCUT2D eigenvalue weighted by Gasteiger charge is -1.88. The molecule has 0 amide bonds. The first kappa shape index (κ1) is 11.2. The van der Waals surface area contributed by atoms with Gasteiger partial charge in [-0.25, -0.2) is 0 Å². The average Bonchev–Trinajstić information content (AvgIpc) is 1.94. The number of hydrogen-bond donors (Lipinski definition) is 1. The van der Waals surface area contributed by atoms with Gasteiger partial charge in [0.15, 0.2) is 0 Å². The molecule has 9 heavy (non-hydrogen) atoms. The van der Waals surface area contributed by atoms with Crippen LogP contribution in [-0.2, 0) is 4.74 Å². The Balaban J connectivity index is 0. The van der Waals surface area contributed by atoms with Crippen molar-refractivity contribution < 1.29 is 4.74 Å². The Labute approximate surface area is 57.9 Å². The molecule has 0 radical (unpaired) electrons. The summed E-state index contributed by atoms with van der Waals surface area (Å²) in [5.74, 6) is 0. The SMILES string of the molecule is CC.CCN/C=C\OC. The maximum absolute atomic E-state index is 4.60. The summed E-state index contributed by atoms with van der Waals surface area (Å²) in [6, 6.07) is 0. The first-order chi connectivity index (χ1) is 4.41. The molecule has 0 saturated carbocycles. The van der Waals surface area contributed by atoms with Gasteiger partial charge in [0.05, 0.1) is 13.4 Å². The van der Waals surface area contributed by atoms with Crippen LogP contribution in [0.25, 0.3) is 0 Å². The minimum Gasteiger partial charge on any atom is -0.503 e. The fraction of sp³-hybridized carbons (Fsp3) is 0.714. The molecule has 1 N–H and O–H groups in total. The van der Waals surface area contributed by atoms with Crippen LogP contribution in [0, 0.1) is 0 Å². The molecule has 0 atom stereocenters. The van der Waals surface area contributed by atoms with Crippen molar-refractivity contribution in [2.45, 2.75) is 20.8 Å². The highest BCUT2D eigenvalue weighted by Crippen LogP contribution is 1.64. The molecule has 0 bridgehead atoms. The Morgan fingerprint density at radius 1 is 1.44 bits per heavy atom. The van der Waals surface area contributed by atoms with Crippen LogP contribution >= 0.6 is 0 Å². The normalized spacial score (nSPS) is 8.00. The first-order valence-electron chi connectivity index (χ1n) is 3.33. The Bertz CT molecular complexity index is 52.9. The van der Waals surface area contributed by atoms with Crippen molar-refractivity contribution in [3.63, 3.8) is 0 Å². The topological polar surface area (TPSA) is 21.3 Å². The summed E-state index contributed by atoms with van der Waals surface area (Å²) in [4.78, 5) is 0. The van der Waals surface area contributed by atoms with Gasteiger partial charge >= 0.3 is 0 Å². The third kappa shape index (κ3) is 18.8. The lowest BCUT2D eigenvalue weighted by Crippen LogP contribution is -2.01. The molecule has 2 nitrogen and oxygen atoms in total. The van der Waals surface area contributed by atoms with E-state index in [1.54, 1.807) is 19.6 Å². The molecule has 0 aliphatic rings. The minimum atomic E-state index is 0.944. The molecule has 0 aromatic carbocycles. The number of hydrogen-bond acceptors (Lipinski definition) is 2. The lowest BCUT2D eigenvalue weighted by molar-refractivity contribution is 0.335. The van der Waals surface area contributed by atoms with Crippen LogP contribution in [0.3, 0.4) is 0 Å². The van der Waals surface area contributed by atoms with Crippen LogP contribution in [0.1, 0.15) is 20.8 Å². The maximum Gasteiger partial charge on any atom is 0.0981 e. The van der Waals surface area contributed by atoms with E-state index in [0.717, 1.165) is 6.54 Å². The highest BCUT2D eigenvalue weighted by Gasteiger charge is 1.62. The summed E-state index contributed by atoms with van der Waals surface area (Å²) in [7, 11) is 1.62. The van der Waals surface area contributed by atoms with E-state index in [-0.39, 0.29) is 0 Å². The molecule has 0 aliphatic heterocycles. The fourth-order valence-corrected chi connectivity index (χ4v) is 0.234. The molecule has 0 saturated heterocycles. The molecule has 0 spiro atoms. The third-order valence-electron chi connectivity index (χ3n) is 0.526. The summed E-state index contributed by atoms with van der Waals surface area (Å²) >= 11 is 0.